The molecule has 0 aromatic carbocycles. The Labute approximate surface area is 226 Å². The molecule has 2 aliphatic rings. The van der Waals surface area contributed by atoms with Crippen molar-refractivity contribution in [3.63, 3.8) is 0 Å². The molecule has 2 fully saturated rings. The molecule has 12 nitrogen and oxygen atoms in total. The number of anilines is 2. The summed E-state index contributed by atoms with van der Waals surface area (Å²) in [6.45, 7) is 7.81. The summed E-state index contributed by atoms with van der Waals surface area (Å²) in [4.78, 5) is 32.3. The number of hydrogen-bond acceptors (Lipinski definition) is 10. The molecule has 0 radical (unpaired) electrons. The first-order chi connectivity index (χ1) is 18.8. The molecule has 4 heterocycles. The first kappa shape index (κ1) is 25.6. The molecule has 0 bridgehead atoms. The highest BCUT2D eigenvalue weighted by atomic mass is 16.5. The normalized spacial score (nSPS) is 20.7. The summed E-state index contributed by atoms with van der Waals surface area (Å²) < 4.78 is 12.6. The van der Waals surface area contributed by atoms with Gasteiger partial charge in [-0.05, 0) is 57.3 Å². The second kappa shape index (κ2) is 10.5. The Bertz CT molecular complexity index is 1490. The Morgan fingerprint density at radius 2 is 1.95 bits per heavy atom. The van der Waals surface area contributed by atoms with Crippen LogP contribution in [0, 0.1) is 24.7 Å². The van der Waals surface area contributed by atoms with E-state index in [2.05, 4.69) is 43.9 Å². The Morgan fingerprint density at radius 1 is 1.15 bits per heavy atom. The molecule has 0 amide bonds. The summed E-state index contributed by atoms with van der Waals surface area (Å²) in [6.07, 6.45) is 8.52. The summed E-state index contributed by atoms with van der Waals surface area (Å²) in [6, 6.07) is 2.18. The van der Waals surface area contributed by atoms with Gasteiger partial charge in [0.2, 0.25) is 17.6 Å². The number of imidazole rings is 1. The van der Waals surface area contributed by atoms with Gasteiger partial charge in [0.15, 0.2) is 17.2 Å². The summed E-state index contributed by atoms with van der Waals surface area (Å²) >= 11 is 0. The van der Waals surface area contributed by atoms with Crippen LogP contribution in [0.15, 0.2) is 19.9 Å². The number of hydrogen-bond donors (Lipinski definition) is 2. The van der Waals surface area contributed by atoms with E-state index in [1.807, 2.05) is 20.0 Å². The average Bonchev–Trinajstić information content (AvgIpc) is 3.58. The van der Waals surface area contributed by atoms with E-state index < -0.39 is 5.76 Å². The van der Waals surface area contributed by atoms with Crippen LogP contribution in [-0.2, 0) is 13.1 Å². The van der Waals surface area contributed by atoms with Gasteiger partial charge in [-0.15, -0.1) is 4.98 Å². The Hall–Kier alpha value is -3.70. The number of rotatable bonds is 9. The van der Waals surface area contributed by atoms with Crippen molar-refractivity contribution >= 4 is 22.9 Å². The van der Waals surface area contributed by atoms with Gasteiger partial charge in [0, 0.05) is 25.7 Å². The van der Waals surface area contributed by atoms with Crippen LogP contribution in [0.4, 0.5) is 11.8 Å². The maximum Gasteiger partial charge on any atom is 0.460 e. The predicted octanol–water partition coefficient (Wildman–Crippen LogP) is 4.53. The monoisotopic (exact) mass is 535 g/mol. The largest absolute Gasteiger partial charge is 0.460 e. The van der Waals surface area contributed by atoms with Gasteiger partial charge in [-0.1, -0.05) is 31.3 Å². The van der Waals surface area contributed by atoms with Crippen molar-refractivity contribution in [2.75, 3.05) is 17.3 Å². The first-order valence-electron chi connectivity index (χ1n) is 14.1. The highest BCUT2D eigenvalue weighted by Crippen LogP contribution is 2.36. The molecule has 4 aromatic rings. The lowest BCUT2D eigenvalue weighted by Gasteiger charge is -2.32. The van der Waals surface area contributed by atoms with Gasteiger partial charge >= 0.3 is 5.76 Å². The van der Waals surface area contributed by atoms with E-state index >= 15 is 0 Å². The Morgan fingerprint density at radius 3 is 2.59 bits per heavy atom. The fourth-order valence-electron chi connectivity index (χ4n) is 5.86. The average molecular weight is 536 g/mol. The molecule has 6 rings (SSSR count). The minimum absolute atomic E-state index is 0.184. The Kier molecular flexibility index (Phi) is 6.86. The summed E-state index contributed by atoms with van der Waals surface area (Å²) in [5, 5.41) is 10.3. The molecule has 2 saturated carbocycles. The predicted molar refractivity (Wildman–Crippen MR) is 146 cm³/mol. The van der Waals surface area contributed by atoms with Crippen molar-refractivity contribution < 1.29 is 9.05 Å². The molecule has 2 aliphatic carbocycles. The third-order valence-electron chi connectivity index (χ3n) is 8.44. The topological polar surface area (TPSA) is 144 Å². The third-order valence-corrected chi connectivity index (χ3v) is 8.44. The zero-order valence-corrected chi connectivity index (χ0v) is 23.1. The second-order valence-electron chi connectivity index (χ2n) is 11.6. The highest BCUT2D eigenvalue weighted by molar-refractivity contribution is 5.87. The molecule has 208 valence electrons. The molecule has 2 N–H and O–H groups in total. The maximum atomic E-state index is 11.7. The molecule has 39 heavy (non-hydrogen) atoms. The van der Waals surface area contributed by atoms with Gasteiger partial charge in [-0.3, -0.25) is 0 Å². The molecule has 0 spiro atoms. The van der Waals surface area contributed by atoms with Crippen LogP contribution in [0.25, 0.3) is 22.8 Å². The fourth-order valence-corrected chi connectivity index (χ4v) is 5.86. The maximum absolute atomic E-state index is 11.7. The molecule has 4 aromatic heterocycles. The number of aromatic nitrogens is 7. The fraction of sp³-hybridized carbons (Fsp3) is 0.630. The first-order valence-corrected chi connectivity index (χ1v) is 14.1. The second-order valence-corrected chi connectivity index (χ2v) is 11.6. The van der Waals surface area contributed by atoms with Crippen LogP contribution in [-0.4, -0.2) is 47.9 Å². The van der Waals surface area contributed by atoms with E-state index in [0.29, 0.717) is 29.8 Å². The third kappa shape index (κ3) is 5.28. The van der Waals surface area contributed by atoms with Crippen LogP contribution in [0.2, 0.25) is 0 Å². The van der Waals surface area contributed by atoms with Crippen LogP contribution >= 0.6 is 0 Å². The molecule has 0 unspecified atom stereocenters. The van der Waals surface area contributed by atoms with Crippen molar-refractivity contribution in [1.29, 1.82) is 0 Å². The molecular weight excluding hydrogens is 498 g/mol. The van der Waals surface area contributed by atoms with E-state index in [4.69, 9.17) is 24.0 Å². The number of aryl methyl sites for hydroxylation is 1. The van der Waals surface area contributed by atoms with E-state index in [9.17, 15) is 4.79 Å². The van der Waals surface area contributed by atoms with E-state index in [-0.39, 0.29) is 17.7 Å². The standard InChI is InChI=1S/C27H37N9O3/c1-15-8-10-18(11-9-15)13-36-21-22(28-17(3)19-6-5-7-19)29-24(25-32-27(37)39-34-25)30-23(21)31-26(36)35(4)14-20-12-16(2)33-38-20/h12,15,17-19H,5-11,13-14H2,1-4H3,(H,28,29,30)(H,32,34,37)/t15?,17-,18?/m1/s1. The number of H-pyrrole nitrogens is 1. The zero-order valence-electron chi connectivity index (χ0n) is 23.1. The van der Waals surface area contributed by atoms with Gasteiger partial charge < -0.3 is 23.8 Å². The number of nitrogens with zero attached hydrogens (tertiary/aromatic N) is 7. The zero-order chi connectivity index (χ0) is 27.1. The lowest BCUT2D eigenvalue weighted by Crippen LogP contribution is -2.31. The van der Waals surface area contributed by atoms with Crippen molar-refractivity contribution in [2.45, 2.75) is 84.8 Å². The number of fused-ring (bicyclic) bond motifs is 1. The smallest absolute Gasteiger partial charge is 0.365 e. The van der Waals surface area contributed by atoms with Crippen molar-refractivity contribution in [2.24, 2.45) is 17.8 Å². The van der Waals surface area contributed by atoms with Crippen LogP contribution in [0.3, 0.4) is 0 Å². The van der Waals surface area contributed by atoms with Gasteiger partial charge in [0.25, 0.3) is 0 Å². The van der Waals surface area contributed by atoms with Gasteiger partial charge in [0.05, 0.1) is 12.2 Å². The van der Waals surface area contributed by atoms with Gasteiger partial charge in [-0.2, -0.15) is 10.1 Å². The lowest BCUT2D eigenvalue weighted by atomic mass is 9.80. The van der Waals surface area contributed by atoms with E-state index in [1.54, 1.807) is 0 Å². The minimum atomic E-state index is -0.717. The SMILES string of the molecule is Cc1cc(CN(C)c2nc3nc(-c4nc(=O)o[nH]4)nc(N[C@H](C)C4CCC4)c3n2CC2CCC(C)CC2)on1. The number of nitrogens with one attached hydrogen (secondary N) is 2. The van der Waals surface area contributed by atoms with E-state index in [1.165, 1.54) is 44.9 Å². The summed E-state index contributed by atoms with van der Waals surface area (Å²) in [5.41, 5.74) is 2.26. The van der Waals surface area contributed by atoms with Gasteiger partial charge in [-0.25, -0.2) is 14.8 Å². The summed E-state index contributed by atoms with van der Waals surface area (Å²) in [5.74, 6) is 3.91. The van der Waals surface area contributed by atoms with Crippen LogP contribution in [0.5, 0.6) is 0 Å². The minimum Gasteiger partial charge on any atom is -0.365 e. The van der Waals surface area contributed by atoms with Crippen LogP contribution in [0.1, 0.15) is 70.2 Å². The van der Waals surface area contributed by atoms with Crippen molar-refractivity contribution in [3.05, 3.63) is 28.1 Å². The van der Waals surface area contributed by atoms with Crippen molar-refractivity contribution in [1.82, 2.24) is 34.8 Å². The lowest BCUT2D eigenvalue weighted by molar-refractivity contribution is 0.266. The molecule has 0 saturated heterocycles. The van der Waals surface area contributed by atoms with Gasteiger partial charge in [0.1, 0.15) is 5.52 Å². The van der Waals surface area contributed by atoms with Crippen molar-refractivity contribution in [3.8, 4) is 11.6 Å². The quantitative estimate of drug-likeness (QED) is 0.314. The molecule has 0 aliphatic heterocycles. The van der Waals surface area contributed by atoms with Crippen LogP contribution < -0.4 is 16.0 Å². The number of aromatic amines is 1. The van der Waals surface area contributed by atoms with E-state index in [0.717, 1.165) is 35.4 Å². The molecular formula is C27H37N9O3. The molecule has 1 atom stereocenters. The Balaban J connectivity index is 1.46. The highest BCUT2D eigenvalue weighted by Gasteiger charge is 2.29. The molecule has 12 heteroatoms. The summed E-state index contributed by atoms with van der Waals surface area (Å²) in [7, 11) is 2.01.